The van der Waals surface area contributed by atoms with Crippen molar-refractivity contribution in [3.63, 3.8) is 0 Å². The number of carbonyl (C=O) groups excluding carboxylic acids is 1. The normalized spacial score (nSPS) is 19.3. The van der Waals surface area contributed by atoms with Crippen LogP contribution in [0.4, 0.5) is 4.39 Å². The molecule has 162 valence electrons. The maximum Gasteiger partial charge on any atom is 0.313 e. The lowest BCUT2D eigenvalue weighted by molar-refractivity contribution is -0.159. The van der Waals surface area contributed by atoms with Crippen molar-refractivity contribution in [2.75, 3.05) is 19.7 Å². The average Bonchev–Trinajstić information content (AvgIpc) is 3.23. The maximum absolute atomic E-state index is 13.6. The SMILES string of the molecule is CCOC(=O)[C@]1(Cc2cc(-c3cccc(F)c3)no2)CCCN(Cc2cccnc2)C1. The fourth-order valence-electron chi connectivity index (χ4n) is 4.29. The molecule has 3 heterocycles. The Bertz CT molecular complexity index is 1020. The molecule has 1 aliphatic heterocycles. The molecular formula is C24H26FN3O3. The summed E-state index contributed by atoms with van der Waals surface area (Å²) in [6.45, 7) is 4.34. The van der Waals surface area contributed by atoms with E-state index in [2.05, 4.69) is 15.0 Å². The van der Waals surface area contributed by atoms with Crippen LogP contribution in [0.2, 0.25) is 0 Å². The van der Waals surface area contributed by atoms with E-state index in [0.29, 0.717) is 43.0 Å². The van der Waals surface area contributed by atoms with Crippen LogP contribution < -0.4 is 0 Å². The number of aromatic nitrogens is 2. The van der Waals surface area contributed by atoms with E-state index in [1.165, 1.54) is 12.1 Å². The molecule has 7 heteroatoms. The van der Waals surface area contributed by atoms with E-state index in [1.807, 2.05) is 25.3 Å². The van der Waals surface area contributed by atoms with Gasteiger partial charge in [0.05, 0.1) is 12.0 Å². The van der Waals surface area contributed by atoms with Crippen molar-refractivity contribution < 1.29 is 18.4 Å². The van der Waals surface area contributed by atoms with Crippen molar-refractivity contribution in [3.8, 4) is 11.3 Å². The zero-order valence-electron chi connectivity index (χ0n) is 17.6. The lowest BCUT2D eigenvalue weighted by Crippen LogP contribution is -2.49. The van der Waals surface area contributed by atoms with Crippen molar-refractivity contribution in [1.29, 1.82) is 0 Å². The largest absolute Gasteiger partial charge is 0.466 e. The van der Waals surface area contributed by atoms with Gasteiger partial charge in [0.25, 0.3) is 0 Å². The van der Waals surface area contributed by atoms with E-state index in [9.17, 15) is 9.18 Å². The number of ether oxygens (including phenoxy) is 1. The first-order valence-corrected chi connectivity index (χ1v) is 10.6. The van der Waals surface area contributed by atoms with Crippen molar-refractivity contribution in [2.24, 2.45) is 5.41 Å². The molecule has 0 bridgehead atoms. The summed E-state index contributed by atoms with van der Waals surface area (Å²) in [6.07, 6.45) is 5.58. The van der Waals surface area contributed by atoms with Crippen LogP contribution in [0.15, 0.2) is 59.4 Å². The molecule has 0 saturated carbocycles. The van der Waals surface area contributed by atoms with Gasteiger partial charge < -0.3 is 9.26 Å². The summed E-state index contributed by atoms with van der Waals surface area (Å²) in [5.41, 5.74) is 1.59. The second-order valence-corrected chi connectivity index (χ2v) is 8.04. The lowest BCUT2D eigenvalue weighted by atomic mass is 9.76. The number of hydrogen-bond donors (Lipinski definition) is 0. The van der Waals surface area contributed by atoms with E-state index in [-0.39, 0.29) is 11.8 Å². The van der Waals surface area contributed by atoms with E-state index in [1.54, 1.807) is 24.4 Å². The van der Waals surface area contributed by atoms with Crippen molar-refractivity contribution in [3.05, 3.63) is 72.0 Å². The second-order valence-electron chi connectivity index (χ2n) is 8.04. The van der Waals surface area contributed by atoms with E-state index in [4.69, 9.17) is 9.26 Å². The Morgan fingerprint density at radius 2 is 2.19 bits per heavy atom. The predicted octanol–water partition coefficient (Wildman–Crippen LogP) is 4.26. The van der Waals surface area contributed by atoms with Gasteiger partial charge in [-0.05, 0) is 50.1 Å². The van der Waals surface area contributed by atoms with Gasteiger partial charge in [0.2, 0.25) is 0 Å². The van der Waals surface area contributed by atoms with Gasteiger partial charge in [-0.1, -0.05) is 23.4 Å². The molecule has 1 aromatic carbocycles. The summed E-state index contributed by atoms with van der Waals surface area (Å²) in [6, 6.07) is 12.0. The van der Waals surface area contributed by atoms with Gasteiger partial charge in [-0.25, -0.2) is 4.39 Å². The highest BCUT2D eigenvalue weighted by atomic mass is 19.1. The third-order valence-corrected chi connectivity index (χ3v) is 5.69. The Morgan fingerprint density at radius 1 is 1.29 bits per heavy atom. The molecule has 31 heavy (non-hydrogen) atoms. The highest BCUT2D eigenvalue weighted by molar-refractivity contribution is 5.77. The minimum atomic E-state index is -0.713. The first-order valence-electron chi connectivity index (χ1n) is 10.6. The van der Waals surface area contributed by atoms with Crippen LogP contribution in [0.1, 0.15) is 31.1 Å². The monoisotopic (exact) mass is 423 g/mol. The number of nitrogens with zero attached hydrogens (tertiary/aromatic N) is 3. The molecule has 4 rings (SSSR count). The van der Waals surface area contributed by atoms with Crippen LogP contribution in [-0.4, -0.2) is 40.7 Å². The molecule has 0 amide bonds. The molecule has 3 aromatic rings. The molecule has 1 saturated heterocycles. The number of pyridine rings is 1. The first-order chi connectivity index (χ1) is 15.1. The Labute approximate surface area is 181 Å². The van der Waals surface area contributed by atoms with E-state index in [0.717, 1.165) is 25.1 Å². The molecule has 1 atom stereocenters. The molecule has 2 aromatic heterocycles. The van der Waals surface area contributed by atoms with Crippen LogP contribution >= 0.6 is 0 Å². The number of piperidine rings is 1. The Morgan fingerprint density at radius 3 is 2.97 bits per heavy atom. The van der Waals surface area contributed by atoms with Gasteiger partial charge in [0.1, 0.15) is 17.3 Å². The highest BCUT2D eigenvalue weighted by Gasteiger charge is 2.44. The number of likely N-dealkylation sites (tertiary alicyclic amines) is 1. The number of benzene rings is 1. The second kappa shape index (κ2) is 9.39. The fraction of sp³-hybridized carbons (Fsp3) is 0.375. The molecule has 6 nitrogen and oxygen atoms in total. The molecule has 1 aliphatic rings. The van der Waals surface area contributed by atoms with Crippen LogP contribution in [0.3, 0.4) is 0 Å². The number of rotatable bonds is 7. The van der Waals surface area contributed by atoms with Gasteiger partial charge in [-0.15, -0.1) is 0 Å². The molecule has 0 spiro atoms. The Kier molecular flexibility index (Phi) is 6.42. The zero-order chi connectivity index (χ0) is 21.7. The minimum absolute atomic E-state index is 0.213. The maximum atomic E-state index is 13.6. The Hall–Kier alpha value is -3.06. The van der Waals surface area contributed by atoms with Crippen molar-refractivity contribution in [1.82, 2.24) is 15.0 Å². The van der Waals surface area contributed by atoms with Crippen molar-refractivity contribution >= 4 is 5.97 Å². The highest BCUT2D eigenvalue weighted by Crippen LogP contribution is 2.36. The third-order valence-electron chi connectivity index (χ3n) is 5.69. The number of carbonyl (C=O) groups is 1. The lowest BCUT2D eigenvalue weighted by Gasteiger charge is -2.40. The smallest absolute Gasteiger partial charge is 0.313 e. The summed E-state index contributed by atoms with van der Waals surface area (Å²) < 4.78 is 24.6. The average molecular weight is 423 g/mol. The fourth-order valence-corrected chi connectivity index (χ4v) is 4.29. The number of hydrogen-bond acceptors (Lipinski definition) is 6. The van der Waals surface area contributed by atoms with Crippen molar-refractivity contribution in [2.45, 2.75) is 32.7 Å². The number of halogens is 1. The molecule has 1 fully saturated rings. The van der Waals surface area contributed by atoms with Gasteiger partial charge >= 0.3 is 5.97 Å². The van der Waals surface area contributed by atoms with Gasteiger partial charge in [-0.3, -0.25) is 14.7 Å². The van der Waals surface area contributed by atoms with E-state index < -0.39 is 5.41 Å². The van der Waals surface area contributed by atoms with Gasteiger partial charge in [0.15, 0.2) is 0 Å². The molecule has 0 aliphatic carbocycles. The minimum Gasteiger partial charge on any atom is -0.466 e. The van der Waals surface area contributed by atoms with Crippen LogP contribution in [-0.2, 0) is 22.5 Å². The summed E-state index contributed by atoms with van der Waals surface area (Å²) in [5.74, 6) is 0.0495. The predicted molar refractivity (Wildman–Crippen MR) is 113 cm³/mol. The zero-order valence-corrected chi connectivity index (χ0v) is 17.6. The first kappa shape index (κ1) is 21.2. The quantitative estimate of drug-likeness (QED) is 0.529. The summed E-state index contributed by atoms with van der Waals surface area (Å²) in [5, 5.41) is 4.10. The molecular weight excluding hydrogens is 397 g/mol. The van der Waals surface area contributed by atoms with Crippen LogP contribution in [0, 0.1) is 11.2 Å². The molecule has 0 radical (unpaired) electrons. The summed E-state index contributed by atoms with van der Waals surface area (Å²) in [4.78, 5) is 19.5. The van der Waals surface area contributed by atoms with Crippen LogP contribution in [0.25, 0.3) is 11.3 Å². The molecule has 0 N–H and O–H groups in total. The van der Waals surface area contributed by atoms with Gasteiger partial charge in [-0.2, -0.15) is 0 Å². The van der Waals surface area contributed by atoms with Crippen LogP contribution in [0.5, 0.6) is 0 Å². The molecule has 0 unspecified atom stereocenters. The Balaban J connectivity index is 1.56. The summed E-state index contributed by atoms with van der Waals surface area (Å²) in [7, 11) is 0. The van der Waals surface area contributed by atoms with E-state index >= 15 is 0 Å². The third kappa shape index (κ3) is 4.99. The number of esters is 1. The topological polar surface area (TPSA) is 68.5 Å². The summed E-state index contributed by atoms with van der Waals surface area (Å²) >= 11 is 0. The van der Waals surface area contributed by atoms with Gasteiger partial charge in [0, 0.05) is 43.5 Å². The standard InChI is InChI=1S/C24H26FN3O3/c1-2-30-23(29)24(9-5-11-28(17-24)16-18-6-4-10-26-15-18)14-21-13-22(27-31-21)19-7-3-8-20(25)12-19/h3-4,6-8,10,12-13,15H,2,5,9,11,14,16-17H2,1H3/t24-/m0/s1.